The number of aliphatic hydroxyl groups excluding tert-OH is 1. The van der Waals surface area contributed by atoms with Gasteiger partial charge in [-0.05, 0) is 42.0 Å². The highest BCUT2D eigenvalue weighted by Gasteiger charge is 2.14. The number of fused-ring (bicyclic) bond motifs is 1. The van der Waals surface area contributed by atoms with Crippen LogP contribution in [0.5, 0.6) is 0 Å². The summed E-state index contributed by atoms with van der Waals surface area (Å²) in [4.78, 5) is 17.5. The van der Waals surface area contributed by atoms with Crippen LogP contribution in [0.25, 0.3) is 10.2 Å². The van der Waals surface area contributed by atoms with E-state index >= 15 is 0 Å². The first kappa shape index (κ1) is 18.6. The van der Waals surface area contributed by atoms with Gasteiger partial charge in [-0.3, -0.25) is 4.79 Å². The molecule has 0 aliphatic rings. The van der Waals surface area contributed by atoms with Crippen LogP contribution >= 0.6 is 22.9 Å². The van der Waals surface area contributed by atoms with Crippen molar-refractivity contribution in [3.05, 3.63) is 99.8 Å². The zero-order chi connectivity index (χ0) is 19.5. The van der Waals surface area contributed by atoms with Crippen LogP contribution < -0.4 is 4.80 Å². The number of benzene rings is 3. The van der Waals surface area contributed by atoms with Crippen LogP contribution in [0.4, 0.5) is 0 Å². The van der Waals surface area contributed by atoms with Crippen LogP contribution in [-0.4, -0.2) is 15.6 Å². The number of rotatable bonds is 4. The van der Waals surface area contributed by atoms with E-state index in [4.69, 9.17) is 11.6 Å². The maximum Gasteiger partial charge on any atom is 0.279 e. The van der Waals surface area contributed by atoms with E-state index < -0.39 is 6.10 Å². The lowest BCUT2D eigenvalue weighted by atomic mass is 10.1. The summed E-state index contributed by atoms with van der Waals surface area (Å²) in [6.45, 7) is 0.284. The molecule has 0 aliphatic carbocycles. The molecule has 140 valence electrons. The molecule has 1 heterocycles. The monoisotopic (exact) mass is 408 g/mol. The predicted molar refractivity (Wildman–Crippen MR) is 113 cm³/mol. The van der Waals surface area contributed by atoms with Crippen molar-refractivity contribution in [3.63, 3.8) is 0 Å². The van der Waals surface area contributed by atoms with E-state index in [1.807, 2.05) is 47.0 Å². The number of carbonyl (C=O) groups excluding carboxylic acids is 1. The van der Waals surface area contributed by atoms with Crippen LogP contribution in [0.3, 0.4) is 0 Å². The van der Waals surface area contributed by atoms with Gasteiger partial charge in [-0.2, -0.15) is 4.99 Å². The quantitative estimate of drug-likeness (QED) is 0.525. The number of nitrogens with zero attached hydrogens (tertiary/aromatic N) is 2. The summed E-state index contributed by atoms with van der Waals surface area (Å²) in [5, 5.41) is 11.4. The van der Waals surface area contributed by atoms with Crippen molar-refractivity contribution in [1.82, 2.24) is 4.57 Å². The largest absolute Gasteiger partial charge is 0.387 e. The minimum absolute atomic E-state index is 0.284. The molecule has 0 aliphatic heterocycles. The zero-order valence-electron chi connectivity index (χ0n) is 14.8. The van der Waals surface area contributed by atoms with Gasteiger partial charge in [0.1, 0.15) is 0 Å². The van der Waals surface area contributed by atoms with Crippen LogP contribution in [0, 0.1) is 0 Å². The van der Waals surface area contributed by atoms with Crippen molar-refractivity contribution in [2.24, 2.45) is 4.99 Å². The Labute approximate surface area is 171 Å². The van der Waals surface area contributed by atoms with Crippen LogP contribution in [0.2, 0.25) is 5.02 Å². The van der Waals surface area contributed by atoms with E-state index in [0.717, 1.165) is 15.8 Å². The molecule has 4 nitrogen and oxygen atoms in total. The molecule has 0 fully saturated rings. The highest BCUT2D eigenvalue weighted by atomic mass is 35.5. The van der Waals surface area contributed by atoms with Gasteiger partial charge >= 0.3 is 0 Å². The molecule has 0 unspecified atom stereocenters. The molecule has 1 N–H and O–H groups in total. The van der Waals surface area contributed by atoms with Crippen molar-refractivity contribution >= 4 is 39.1 Å². The Morgan fingerprint density at radius 2 is 1.68 bits per heavy atom. The van der Waals surface area contributed by atoms with Gasteiger partial charge in [-0.15, -0.1) is 0 Å². The lowest BCUT2D eigenvalue weighted by Crippen LogP contribution is -2.20. The second-order valence-corrected chi connectivity index (χ2v) is 7.76. The molecule has 0 radical (unpaired) electrons. The molecule has 0 saturated heterocycles. The molecule has 3 aromatic carbocycles. The molecule has 0 spiro atoms. The molecule has 0 bridgehead atoms. The van der Waals surface area contributed by atoms with Crippen LogP contribution in [0.15, 0.2) is 83.9 Å². The van der Waals surface area contributed by atoms with Gasteiger partial charge in [0.15, 0.2) is 4.80 Å². The summed E-state index contributed by atoms with van der Waals surface area (Å²) in [5.41, 5.74) is 2.22. The van der Waals surface area contributed by atoms with Gasteiger partial charge in [0.25, 0.3) is 5.91 Å². The van der Waals surface area contributed by atoms with E-state index in [1.165, 1.54) is 11.3 Å². The summed E-state index contributed by atoms with van der Waals surface area (Å²) in [7, 11) is 0. The topological polar surface area (TPSA) is 54.6 Å². The van der Waals surface area contributed by atoms with Crippen molar-refractivity contribution in [2.45, 2.75) is 12.6 Å². The fourth-order valence-electron chi connectivity index (χ4n) is 2.98. The first-order chi connectivity index (χ1) is 13.6. The third-order valence-electron chi connectivity index (χ3n) is 4.42. The van der Waals surface area contributed by atoms with E-state index in [9.17, 15) is 9.90 Å². The van der Waals surface area contributed by atoms with Crippen molar-refractivity contribution in [3.8, 4) is 0 Å². The Kier molecular flexibility index (Phi) is 5.39. The Morgan fingerprint density at radius 3 is 2.43 bits per heavy atom. The lowest BCUT2D eigenvalue weighted by Gasteiger charge is -2.13. The second kappa shape index (κ2) is 8.10. The molecule has 1 aromatic heterocycles. The SMILES string of the molecule is O=C(N=c1sc2ccccc2n1C[C@@H](O)c1ccc(Cl)cc1)c1ccccc1. The second-order valence-electron chi connectivity index (χ2n) is 6.31. The molecule has 4 rings (SSSR count). The average Bonchev–Trinajstić information content (AvgIpc) is 3.06. The zero-order valence-corrected chi connectivity index (χ0v) is 16.4. The normalized spacial score (nSPS) is 13.0. The fraction of sp³-hybridized carbons (Fsp3) is 0.0909. The van der Waals surface area contributed by atoms with Gasteiger partial charge in [0, 0.05) is 10.6 Å². The molecular formula is C22H17ClN2O2S. The van der Waals surface area contributed by atoms with Gasteiger partial charge in [0.2, 0.25) is 0 Å². The van der Waals surface area contributed by atoms with E-state index in [-0.39, 0.29) is 12.5 Å². The number of hydrogen-bond donors (Lipinski definition) is 1. The summed E-state index contributed by atoms with van der Waals surface area (Å²) in [5.74, 6) is -0.304. The number of halogens is 1. The standard InChI is InChI=1S/C22H17ClN2O2S/c23-17-12-10-15(11-13-17)19(26)14-25-18-8-4-5-9-20(18)28-22(25)24-21(27)16-6-2-1-3-7-16/h1-13,19,26H,14H2/t19-/m1/s1. The van der Waals surface area contributed by atoms with Gasteiger partial charge < -0.3 is 9.67 Å². The van der Waals surface area contributed by atoms with E-state index in [0.29, 0.717) is 15.4 Å². The number of aliphatic hydroxyl groups is 1. The Hall–Kier alpha value is -2.73. The number of aromatic nitrogens is 1. The van der Waals surface area contributed by atoms with E-state index in [1.54, 1.807) is 36.4 Å². The Balaban J connectivity index is 1.76. The highest BCUT2D eigenvalue weighted by molar-refractivity contribution is 7.16. The molecular weight excluding hydrogens is 392 g/mol. The first-order valence-corrected chi connectivity index (χ1v) is 9.97. The average molecular weight is 409 g/mol. The summed E-state index contributed by atoms with van der Waals surface area (Å²) in [6, 6.07) is 23.9. The highest BCUT2D eigenvalue weighted by Crippen LogP contribution is 2.22. The molecule has 1 atom stereocenters. The van der Waals surface area contributed by atoms with Crippen LogP contribution in [-0.2, 0) is 6.54 Å². The fourth-order valence-corrected chi connectivity index (χ4v) is 4.14. The maximum absolute atomic E-state index is 12.6. The number of thiazole rings is 1. The predicted octanol–water partition coefficient (Wildman–Crippen LogP) is 4.83. The molecule has 28 heavy (non-hydrogen) atoms. The number of para-hydroxylation sites is 1. The summed E-state index contributed by atoms with van der Waals surface area (Å²) >= 11 is 7.37. The molecule has 0 saturated carbocycles. The minimum atomic E-state index is -0.749. The number of amides is 1. The third kappa shape index (κ3) is 3.92. The van der Waals surface area contributed by atoms with Gasteiger partial charge in [0.05, 0.1) is 22.9 Å². The smallest absolute Gasteiger partial charge is 0.279 e. The molecule has 1 amide bonds. The Bertz CT molecular complexity index is 1180. The first-order valence-electron chi connectivity index (χ1n) is 8.78. The summed E-state index contributed by atoms with van der Waals surface area (Å²) in [6.07, 6.45) is -0.749. The van der Waals surface area contributed by atoms with Gasteiger partial charge in [-0.25, -0.2) is 0 Å². The molecule has 4 aromatic rings. The third-order valence-corrected chi connectivity index (χ3v) is 5.73. The van der Waals surface area contributed by atoms with Crippen molar-refractivity contribution in [2.75, 3.05) is 0 Å². The van der Waals surface area contributed by atoms with Gasteiger partial charge in [-0.1, -0.05) is 65.4 Å². The summed E-state index contributed by atoms with van der Waals surface area (Å²) < 4.78 is 2.89. The lowest BCUT2D eigenvalue weighted by molar-refractivity contribution is 0.0996. The molecule has 6 heteroatoms. The van der Waals surface area contributed by atoms with Crippen LogP contribution in [0.1, 0.15) is 22.0 Å². The number of hydrogen-bond acceptors (Lipinski definition) is 3. The van der Waals surface area contributed by atoms with Crippen molar-refractivity contribution in [1.29, 1.82) is 0 Å². The van der Waals surface area contributed by atoms with E-state index in [2.05, 4.69) is 4.99 Å². The maximum atomic E-state index is 12.6. The minimum Gasteiger partial charge on any atom is -0.387 e. The Morgan fingerprint density at radius 1 is 1.00 bits per heavy atom. The number of carbonyl (C=O) groups is 1. The van der Waals surface area contributed by atoms with Crippen molar-refractivity contribution < 1.29 is 9.90 Å².